The number of benzene rings is 2. The highest BCUT2D eigenvalue weighted by Gasteiger charge is 2.59. The molecule has 4 atom stereocenters. The number of imide groups is 1. The minimum atomic E-state index is -0.324. The van der Waals surface area contributed by atoms with E-state index in [-0.39, 0.29) is 47.9 Å². The van der Waals surface area contributed by atoms with Crippen LogP contribution in [0, 0.1) is 29.5 Å². The number of hydrogen-bond acceptors (Lipinski definition) is 5. The smallest absolute Gasteiger partial charge is 0.254 e. The van der Waals surface area contributed by atoms with Crippen molar-refractivity contribution in [3.63, 3.8) is 0 Å². The van der Waals surface area contributed by atoms with Crippen LogP contribution < -0.4 is 9.64 Å². The van der Waals surface area contributed by atoms with Gasteiger partial charge in [-0.1, -0.05) is 24.3 Å². The van der Waals surface area contributed by atoms with Crippen molar-refractivity contribution >= 4 is 23.7 Å². The largest absolute Gasteiger partial charge is 0.488 e. The molecule has 1 heterocycles. The van der Waals surface area contributed by atoms with Crippen LogP contribution in [-0.4, -0.2) is 37.1 Å². The number of anilines is 1. The van der Waals surface area contributed by atoms with Gasteiger partial charge >= 0.3 is 0 Å². The molecule has 0 spiro atoms. The SMILES string of the molecule is CN(C)c1ccc(C=NN2C(=O)[C@@H]3[C@H](C2=O)[C@H]2C=C[C@H]3C2)c(OCc2cccc(F)c2)c1. The van der Waals surface area contributed by atoms with Crippen LogP contribution >= 0.6 is 0 Å². The molecule has 2 aromatic rings. The predicted molar refractivity (Wildman–Crippen MR) is 119 cm³/mol. The normalized spacial score (nSPS) is 25.8. The number of fused-ring (bicyclic) bond motifs is 5. The number of nitrogens with zero attached hydrogens (tertiary/aromatic N) is 3. The maximum absolute atomic E-state index is 13.5. The topological polar surface area (TPSA) is 62.2 Å². The molecule has 5 rings (SSSR count). The van der Waals surface area contributed by atoms with Gasteiger partial charge in [-0.25, -0.2) is 4.39 Å². The summed E-state index contributed by atoms with van der Waals surface area (Å²) in [6.07, 6.45) is 6.49. The molecule has 3 aliphatic rings. The summed E-state index contributed by atoms with van der Waals surface area (Å²) in [6.45, 7) is 0.177. The van der Waals surface area contributed by atoms with Crippen molar-refractivity contribution in [2.24, 2.45) is 28.8 Å². The van der Waals surface area contributed by atoms with Crippen molar-refractivity contribution in [2.45, 2.75) is 13.0 Å². The van der Waals surface area contributed by atoms with Crippen LogP contribution in [0.15, 0.2) is 59.7 Å². The average Bonchev–Trinajstić information content (AvgIpc) is 3.45. The summed E-state index contributed by atoms with van der Waals surface area (Å²) < 4.78 is 19.5. The number of carbonyl (C=O) groups is 2. The zero-order valence-electron chi connectivity index (χ0n) is 17.9. The summed E-state index contributed by atoms with van der Waals surface area (Å²) in [7, 11) is 3.84. The zero-order valence-corrected chi connectivity index (χ0v) is 17.9. The summed E-state index contributed by atoms with van der Waals surface area (Å²) in [5.41, 5.74) is 2.25. The molecule has 1 aliphatic heterocycles. The molecule has 2 fully saturated rings. The maximum Gasteiger partial charge on any atom is 0.254 e. The first-order chi connectivity index (χ1) is 15.4. The second kappa shape index (κ2) is 7.89. The standard InChI is InChI=1S/C25H24FN3O3/c1-28(2)20-9-8-18(21(12-20)32-14-15-4-3-5-19(26)10-15)13-27-29-24(30)22-16-6-7-17(11-16)23(22)25(29)31/h3-10,12-13,16-17,22-23H,11,14H2,1-2H3/t16-,17-,22-,23+/m0/s1. The number of hydrazone groups is 1. The highest BCUT2D eigenvalue weighted by Crippen LogP contribution is 2.52. The first-order valence-corrected chi connectivity index (χ1v) is 10.7. The number of allylic oxidation sites excluding steroid dienone is 2. The Labute approximate surface area is 186 Å². The molecule has 0 unspecified atom stereocenters. The minimum absolute atomic E-state index is 0.145. The summed E-state index contributed by atoms with van der Waals surface area (Å²) in [4.78, 5) is 27.7. The van der Waals surface area contributed by atoms with E-state index < -0.39 is 0 Å². The first kappa shape index (κ1) is 20.4. The third-order valence-corrected chi connectivity index (χ3v) is 6.56. The number of hydrogen-bond donors (Lipinski definition) is 0. The Bertz CT molecular complexity index is 1110. The van der Waals surface area contributed by atoms with Gasteiger partial charge in [-0.05, 0) is 48.1 Å². The lowest BCUT2D eigenvalue weighted by atomic mass is 9.85. The van der Waals surface area contributed by atoms with E-state index in [1.165, 1.54) is 18.3 Å². The van der Waals surface area contributed by atoms with Crippen LogP contribution in [0.1, 0.15) is 17.5 Å². The number of rotatable bonds is 6. The van der Waals surface area contributed by atoms with Crippen molar-refractivity contribution < 1.29 is 18.7 Å². The van der Waals surface area contributed by atoms with E-state index in [1.807, 2.05) is 37.2 Å². The predicted octanol–water partition coefficient (Wildman–Crippen LogP) is 3.61. The van der Waals surface area contributed by atoms with Crippen LogP contribution in [-0.2, 0) is 16.2 Å². The molecule has 2 amide bonds. The van der Waals surface area contributed by atoms with Crippen molar-refractivity contribution in [1.82, 2.24) is 5.01 Å². The van der Waals surface area contributed by atoms with Crippen molar-refractivity contribution in [1.29, 1.82) is 0 Å². The number of carbonyl (C=O) groups excluding carboxylic acids is 2. The molecular weight excluding hydrogens is 409 g/mol. The Morgan fingerprint density at radius 1 is 1.09 bits per heavy atom. The van der Waals surface area contributed by atoms with E-state index in [2.05, 4.69) is 17.3 Å². The fourth-order valence-electron chi connectivity index (χ4n) is 4.94. The van der Waals surface area contributed by atoms with E-state index in [0.29, 0.717) is 16.9 Å². The molecular formula is C25H24FN3O3. The Morgan fingerprint density at radius 3 is 2.47 bits per heavy atom. The van der Waals surface area contributed by atoms with E-state index in [4.69, 9.17) is 4.74 Å². The van der Waals surface area contributed by atoms with Gasteiger partial charge in [0.2, 0.25) is 0 Å². The van der Waals surface area contributed by atoms with Gasteiger partial charge in [-0.3, -0.25) is 9.59 Å². The number of amides is 2. The summed E-state index contributed by atoms with van der Waals surface area (Å²) >= 11 is 0. The van der Waals surface area contributed by atoms with E-state index in [9.17, 15) is 14.0 Å². The van der Waals surface area contributed by atoms with Crippen molar-refractivity contribution in [3.8, 4) is 5.75 Å². The number of ether oxygens (including phenoxy) is 1. The van der Waals surface area contributed by atoms with Gasteiger partial charge in [-0.2, -0.15) is 10.1 Å². The fraction of sp³-hybridized carbons (Fsp3) is 0.320. The van der Waals surface area contributed by atoms with Gasteiger partial charge in [0.1, 0.15) is 18.2 Å². The second-order valence-corrected chi connectivity index (χ2v) is 8.77. The maximum atomic E-state index is 13.5. The second-order valence-electron chi connectivity index (χ2n) is 8.77. The van der Waals surface area contributed by atoms with E-state index in [1.54, 1.807) is 12.1 Å². The highest BCUT2D eigenvalue weighted by molar-refractivity contribution is 6.07. The zero-order chi connectivity index (χ0) is 22.4. The lowest BCUT2D eigenvalue weighted by Crippen LogP contribution is -2.28. The summed E-state index contributed by atoms with van der Waals surface area (Å²) in [5, 5.41) is 5.29. The molecule has 7 heteroatoms. The van der Waals surface area contributed by atoms with Crippen molar-refractivity contribution in [2.75, 3.05) is 19.0 Å². The van der Waals surface area contributed by atoms with Crippen LogP contribution in [0.4, 0.5) is 10.1 Å². The quantitative estimate of drug-likeness (QED) is 0.397. The van der Waals surface area contributed by atoms with Gasteiger partial charge in [0.15, 0.2) is 0 Å². The van der Waals surface area contributed by atoms with Gasteiger partial charge in [-0.15, -0.1) is 0 Å². The molecule has 32 heavy (non-hydrogen) atoms. The van der Waals surface area contributed by atoms with Crippen molar-refractivity contribution in [3.05, 3.63) is 71.6 Å². The van der Waals surface area contributed by atoms with Gasteiger partial charge < -0.3 is 9.64 Å². The molecule has 1 saturated carbocycles. The molecule has 0 aromatic heterocycles. The molecule has 0 N–H and O–H groups in total. The highest BCUT2D eigenvalue weighted by atomic mass is 19.1. The average molecular weight is 433 g/mol. The first-order valence-electron chi connectivity index (χ1n) is 10.7. The van der Waals surface area contributed by atoms with E-state index in [0.717, 1.165) is 17.1 Å². The van der Waals surface area contributed by atoms with Gasteiger partial charge in [0.05, 0.1) is 18.1 Å². The van der Waals surface area contributed by atoms with Gasteiger partial charge in [0.25, 0.3) is 11.8 Å². The van der Waals surface area contributed by atoms with Crippen LogP contribution in [0.3, 0.4) is 0 Å². The lowest BCUT2D eigenvalue weighted by molar-refractivity contribution is -0.140. The van der Waals surface area contributed by atoms with Gasteiger partial charge in [0, 0.05) is 31.4 Å². The Balaban J connectivity index is 1.38. The molecule has 1 saturated heterocycles. The molecule has 2 bridgehead atoms. The Hall–Kier alpha value is -3.48. The van der Waals surface area contributed by atoms with Crippen LogP contribution in [0.25, 0.3) is 0 Å². The third kappa shape index (κ3) is 3.47. The monoisotopic (exact) mass is 433 g/mol. The Kier molecular flexibility index (Phi) is 5.04. The summed E-state index contributed by atoms with van der Waals surface area (Å²) in [5.74, 6) is -0.512. The summed E-state index contributed by atoms with van der Waals surface area (Å²) in [6, 6.07) is 11.8. The minimum Gasteiger partial charge on any atom is -0.488 e. The molecule has 2 aromatic carbocycles. The molecule has 6 nitrogen and oxygen atoms in total. The third-order valence-electron chi connectivity index (χ3n) is 6.56. The molecule has 0 radical (unpaired) electrons. The number of halogens is 1. The van der Waals surface area contributed by atoms with Crippen LogP contribution in [0.5, 0.6) is 5.75 Å². The molecule has 164 valence electrons. The van der Waals surface area contributed by atoms with E-state index >= 15 is 0 Å². The molecule has 2 aliphatic carbocycles. The van der Waals surface area contributed by atoms with Crippen LogP contribution in [0.2, 0.25) is 0 Å². The lowest BCUT2D eigenvalue weighted by Gasteiger charge is -2.16. The Morgan fingerprint density at radius 2 is 1.81 bits per heavy atom. The fourth-order valence-corrected chi connectivity index (χ4v) is 4.94.